The summed E-state index contributed by atoms with van der Waals surface area (Å²) in [5.41, 5.74) is 3.11. The van der Waals surface area contributed by atoms with Crippen molar-refractivity contribution in [3.8, 4) is 12.3 Å². The van der Waals surface area contributed by atoms with Crippen LogP contribution in [0.4, 0.5) is 0 Å². The zero-order valence-electron chi connectivity index (χ0n) is 7.51. The van der Waals surface area contributed by atoms with E-state index in [0.717, 1.165) is 24.8 Å². The third-order valence-electron chi connectivity index (χ3n) is 1.90. The lowest BCUT2D eigenvalue weighted by molar-refractivity contribution is -0.128. The Kier molecular flexibility index (Phi) is 4.07. The van der Waals surface area contributed by atoms with Crippen LogP contribution in [0.2, 0.25) is 0 Å². The number of amides is 1. The van der Waals surface area contributed by atoms with Gasteiger partial charge in [0.2, 0.25) is 0 Å². The van der Waals surface area contributed by atoms with E-state index in [0.29, 0.717) is 0 Å². The molecule has 1 N–H and O–H groups in total. The molecule has 70 valence electrons. The van der Waals surface area contributed by atoms with Crippen LogP contribution in [0, 0.1) is 12.3 Å². The summed E-state index contributed by atoms with van der Waals surface area (Å²) in [6, 6.07) is 0. The van der Waals surface area contributed by atoms with Crippen LogP contribution in [0.15, 0.2) is 11.6 Å². The highest BCUT2D eigenvalue weighted by atomic mass is 16.6. The van der Waals surface area contributed by atoms with Gasteiger partial charge < -0.3 is 0 Å². The molecule has 0 aromatic carbocycles. The van der Waals surface area contributed by atoms with Gasteiger partial charge in [-0.3, -0.25) is 9.63 Å². The predicted octanol–water partition coefficient (Wildman–Crippen LogP) is 1.17. The number of rotatable bonds is 3. The van der Waals surface area contributed by atoms with E-state index in [-0.39, 0.29) is 12.5 Å². The van der Waals surface area contributed by atoms with Crippen molar-refractivity contribution < 1.29 is 9.63 Å². The molecular formula is C10H13NO2. The minimum absolute atomic E-state index is 0.110. The molecule has 1 aliphatic carbocycles. The van der Waals surface area contributed by atoms with Crippen molar-refractivity contribution >= 4 is 5.91 Å². The molecular weight excluding hydrogens is 166 g/mol. The fourth-order valence-corrected chi connectivity index (χ4v) is 1.25. The number of terminal acetylenes is 1. The van der Waals surface area contributed by atoms with Crippen LogP contribution in [0.1, 0.15) is 25.7 Å². The lowest BCUT2D eigenvalue weighted by Gasteiger charge is -2.11. The number of hydroxylamine groups is 1. The molecule has 1 amide bonds. The van der Waals surface area contributed by atoms with Crippen LogP contribution in [0.5, 0.6) is 0 Å². The highest BCUT2D eigenvalue weighted by molar-refractivity contribution is 5.92. The molecule has 13 heavy (non-hydrogen) atoms. The van der Waals surface area contributed by atoms with E-state index in [2.05, 4.69) is 11.4 Å². The third-order valence-corrected chi connectivity index (χ3v) is 1.90. The van der Waals surface area contributed by atoms with Gasteiger partial charge in [0, 0.05) is 5.57 Å². The lowest BCUT2D eigenvalue weighted by atomic mass is 9.99. The number of allylic oxidation sites excluding steroid dienone is 1. The largest absolute Gasteiger partial charge is 0.270 e. The summed E-state index contributed by atoms with van der Waals surface area (Å²) in [5, 5.41) is 0. The molecule has 0 fully saturated rings. The summed E-state index contributed by atoms with van der Waals surface area (Å²) in [7, 11) is 0. The molecule has 1 rings (SSSR count). The van der Waals surface area contributed by atoms with E-state index in [9.17, 15) is 4.79 Å². The fourth-order valence-electron chi connectivity index (χ4n) is 1.25. The first kappa shape index (κ1) is 9.82. The highest BCUT2D eigenvalue weighted by Gasteiger charge is 2.11. The Labute approximate surface area is 78.1 Å². The Balaban J connectivity index is 2.30. The van der Waals surface area contributed by atoms with Crippen molar-refractivity contribution in [3.63, 3.8) is 0 Å². The Hall–Kier alpha value is -1.27. The molecule has 3 nitrogen and oxygen atoms in total. The summed E-state index contributed by atoms with van der Waals surface area (Å²) >= 11 is 0. The smallest absolute Gasteiger partial charge is 0.267 e. The highest BCUT2D eigenvalue weighted by Crippen LogP contribution is 2.16. The third kappa shape index (κ3) is 3.30. The quantitative estimate of drug-likeness (QED) is 0.401. The van der Waals surface area contributed by atoms with E-state index in [4.69, 9.17) is 11.3 Å². The van der Waals surface area contributed by atoms with Crippen molar-refractivity contribution in [2.45, 2.75) is 25.7 Å². The van der Waals surface area contributed by atoms with E-state index < -0.39 is 0 Å². The van der Waals surface area contributed by atoms with Gasteiger partial charge in [-0.2, -0.15) is 0 Å². The molecule has 1 aliphatic rings. The Morgan fingerprint density at radius 2 is 2.54 bits per heavy atom. The van der Waals surface area contributed by atoms with Gasteiger partial charge in [-0.1, -0.05) is 12.0 Å². The van der Waals surface area contributed by atoms with Gasteiger partial charge >= 0.3 is 0 Å². The molecule has 0 aromatic rings. The van der Waals surface area contributed by atoms with E-state index in [1.807, 2.05) is 6.08 Å². The van der Waals surface area contributed by atoms with Crippen LogP contribution in [-0.2, 0) is 9.63 Å². The molecule has 0 bridgehead atoms. The second kappa shape index (κ2) is 5.39. The molecule has 0 spiro atoms. The number of nitrogens with one attached hydrogen (secondary N) is 1. The van der Waals surface area contributed by atoms with Gasteiger partial charge in [0.1, 0.15) is 6.61 Å². The minimum atomic E-state index is -0.157. The number of carbonyl (C=O) groups is 1. The maximum Gasteiger partial charge on any atom is 0.270 e. The van der Waals surface area contributed by atoms with E-state index >= 15 is 0 Å². The zero-order chi connectivity index (χ0) is 9.52. The molecule has 0 atom stereocenters. The normalized spacial score (nSPS) is 15.8. The van der Waals surface area contributed by atoms with Crippen molar-refractivity contribution in [3.05, 3.63) is 11.6 Å². The minimum Gasteiger partial charge on any atom is -0.267 e. The summed E-state index contributed by atoms with van der Waals surface area (Å²) in [6.07, 6.45) is 11.0. The first-order chi connectivity index (χ1) is 6.34. The monoisotopic (exact) mass is 179 g/mol. The Morgan fingerprint density at radius 3 is 3.15 bits per heavy atom. The zero-order valence-corrected chi connectivity index (χ0v) is 7.51. The molecule has 0 saturated carbocycles. The molecule has 0 heterocycles. The second-order valence-corrected chi connectivity index (χ2v) is 2.90. The van der Waals surface area contributed by atoms with Crippen LogP contribution < -0.4 is 5.48 Å². The standard InChI is InChI=1S/C10H13NO2/c1-2-8-13-11-10(12)9-6-4-3-5-7-9/h1,6H,3-5,7-8H2,(H,11,12). The predicted molar refractivity (Wildman–Crippen MR) is 49.5 cm³/mol. The molecule has 0 unspecified atom stereocenters. The average molecular weight is 179 g/mol. The van der Waals surface area contributed by atoms with E-state index in [1.54, 1.807) is 0 Å². The molecule has 0 saturated heterocycles. The Morgan fingerprint density at radius 1 is 1.69 bits per heavy atom. The van der Waals surface area contributed by atoms with Gasteiger partial charge in [0.25, 0.3) is 5.91 Å². The topological polar surface area (TPSA) is 38.3 Å². The first-order valence-electron chi connectivity index (χ1n) is 4.39. The van der Waals surface area contributed by atoms with Crippen molar-refractivity contribution in [2.75, 3.05) is 6.61 Å². The van der Waals surface area contributed by atoms with Gasteiger partial charge in [0.05, 0.1) is 0 Å². The lowest BCUT2D eigenvalue weighted by Crippen LogP contribution is -2.26. The molecule has 3 heteroatoms. The van der Waals surface area contributed by atoms with Gasteiger partial charge in [-0.05, 0) is 25.7 Å². The van der Waals surface area contributed by atoms with Crippen LogP contribution in [0.3, 0.4) is 0 Å². The maximum atomic E-state index is 11.3. The van der Waals surface area contributed by atoms with Crippen molar-refractivity contribution in [1.29, 1.82) is 0 Å². The van der Waals surface area contributed by atoms with Crippen molar-refractivity contribution in [1.82, 2.24) is 5.48 Å². The Bertz CT molecular complexity index is 250. The summed E-state index contributed by atoms with van der Waals surface area (Å²) in [5.74, 6) is 2.11. The fraction of sp³-hybridized carbons (Fsp3) is 0.500. The second-order valence-electron chi connectivity index (χ2n) is 2.90. The summed E-state index contributed by atoms with van der Waals surface area (Å²) in [4.78, 5) is 16.0. The maximum absolute atomic E-state index is 11.3. The SMILES string of the molecule is C#CCONC(=O)C1=CCCCC1. The van der Waals surface area contributed by atoms with Crippen LogP contribution in [0.25, 0.3) is 0 Å². The molecule has 0 aliphatic heterocycles. The van der Waals surface area contributed by atoms with Crippen LogP contribution >= 0.6 is 0 Å². The average Bonchev–Trinajstić information content (AvgIpc) is 2.19. The first-order valence-corrected chi connectivity index (χ1v) is 4.39. The molecule has 0 aromatic heterocycles. The van der Waals surface area contributed by atoms with Gasteiger partial charge in [0.15, 0.2) is 0 Å². The van der Waals surface area contributed by atoms with Crippen molar-refractivity contribution in [2.24, 2.45) is 0 Å². The van der Waals surface area contributed by atoms with E-state index in [1.165, 1.54) is 6.42 Å². The van der Waals surface area contributed by atoms with Gasteiger partial charge in [-0.25, -0.2) is 5.48 Å². The summed E-state index contributed by atoms with van der Waals surface area (Å²) in [6.45, 7) is 0.110. The number of carbonyl (C=O) groups excluding carboxylic acids is 1. The van der Waals surface area contributed by atoms with Crippen LogP contribution in [-0.4, -0.2) is 12.5 Å². The molecule has 0 radical (unpaired) electrons. The summed E-state index contributed by atoms with van der Waals surface area (Å²) < 4.78 is 0. The van der Waals surface area contributed by atoms with Gasteiger partial charge in [-0.15, -0.1) is 6.42 Å². The number of hydrogen-bond acceptors (Lipinski definition) is 2. The number of hydrogen-bond donors (Lipinski definition) is 1.